The summed E-state index contributed by atoms with van der Waals surface area (Å²) in [6.07, 6.45) is 5.14. The van der Waals surface area contributed by atoms with Gasteiger partial charge in [0.05, 0.1) is 29.8 Å². The number of pyridine rings is 1. The van der Waals surface area contributed by atoms with Crippen molar-refractivity contribution in [3.8, 4) is 0 Å². The lowest BCUT2D eigenvalue weighted by atomic mass is 10.3. The topological polar surface area (TPSA) is 76.7 Å². The highest BCUT2D eigenvalue weighted by Gasteiger charge is 1.99. The number of nitrogens with two attached hydrogens (primary N) is 1. The van der Waals surface area contributed by atoms with Crippen LogP contribution in [0.25, 0.3) is 0 Å². The van der Waals surface area contributed by atoms with E-state index < -0.39 is 0 Å². The zero-order valence-electron chi connectivity index (χ0n) is 9.01. The molecule has 2 rings (SSSR count). The smallest absolute Gasteiger partial charge is 0.146 e. The van der Waals surface area contributed by atoms with E-state index in [1.54, 1.807) is 18.6 Å². The average Bonchev–Trinajstić information content (AvgIpc) is 2.30. The SMILES string of the molecule is Cc1cnc(CNc2cccnc2N)cn1. The lowest BCUT2D eigenvalue weighted by Crippen LogP contribution is -2.05. The first kappa shape index (κ1) is 10.4. The van der Waals surface area contributed by atoms with E-state index in [0.717, 1.165) is 17.1 Å². The van der Waals surface area contributed by atoms with Gasteiger partial charge in [0, 0.05) is 12.4 Å². The van der Waals surface area contributed by atoms with Crippen molar-refractivity contribution in [1.82, 2.24) is 15.0 Å². The molecule has 0 saturated heterocycles. The Morgan fingerprint density at radius 2 is 2.12 bits per heavy atom. The molecule has 0 saturated carbocycles. The van der Waals surface area contributed by atoms with Crippen molar-refractivity contribution in [3.63, 3.8) is 0 Å². The summed E-state index contributed by atoms with van der Waals surface area (Å²) in [7, 11) is 0. The molecule has 0 aliphatic heterocycles. The summed E-state index contributed by atoms with van der Waals surface area (Å²) >= 11 is 0. The number of nitrogens with zero attached hydrogens (tertiary/aromatic N) is 3. The fourth-order valence-electron chi connectivity index (χ4n) is 1.26. The molecule has 0 aromatic carbocycles. The van der Waals surface area contributed by atoms with Crippen molar-refractivity contribution in [2.24, 2.45) is 0 Å². The highest BCUT2D eigenvalue weighted by Crippen LogP contribution is 2.14. The Kier molecular flexibility index (Phi) is 2.95. The largest absolute Gasteiger partial charge is 0.382 e. The van der Waals surface area contributed by atoms with Crippen molar-refractivity contribution in [2.75, 3.05) is 11.1 Å². The summed E-state index contributed by atoms with van der Waals surface area (Å²) in [6, 6.07) is 3.71. The standard InChI is InChI=1S/C11H13N5/c1-8-5-15-9(6-14-8)7-16-10-3-2-4-13-11(10)12/h2-6,16H,7H2,1H3,(H2,12,13). The fourth-order valence-corrected chi connectivity index (χ4v) is 1.26. The van der Waals surface area contributed by atoms with E-state index in [1.165, 1.54) is 0 Å². The summed E-state index contributed by atoms with van der Waals surface area (Å²) < 4.78 is 0. The van der Waals surface area contributed by atoms with Crippen LogP contribution in [0.5, 0.6) is 0 Å². The number of aromatic nitrogens is 3. The summed E-state index contributed by atoms with van der Waals surface area (Å²) in [4.78, 5) is 12.4. The quantitative estimate of drug-likeness (QED) is 0.808. The van der Waals surface area contributed by atoms with Gasteiger partial charge < -0.3 is 11.1 Å². The van der Waals surface area contributed by atoms with Gasteiger partial charge in [0.2, 0.25) is 0 Å². The second-order valence-corrected chi connectivity index (χ2v) is 3.44. The number of aryl methyl sites for hydroxylation is 1. The molecule has 3 N–H and O–H groups in total. The van der Waals surface area contributed by atoms with Crippen molar-refractivity contribution in [3.05, 3.63) is 42.1 Å². The Morgan fingerprint density at radius 1 is 1.25 bits per heavy atom. The highest BCUT2D eigenvalue weighted by molar-refractivity contribution is 5.60. The third-order valence-corrected chi connectivity index (χ3v) is 2.13. The van der Waals surface area contributed by atoms with Gasteiger partial charge in [0.1, 0.15) is 5.82 Å². The number of anilines is 2. The van der Waals surface area contributed by atoms with Gasteiger partial charge in [-0.3, -0.25) is 9.97 Å². The van der Waals surface area contributed by atoms with Crippen LogP contribution in [0.4, 0.5) is 11.5 Å². The van der Waals surface area contributed by atoms with Crippen LogP contribution >= 0.6 is 0 Å². The summed E-state index contributed by atoms with van der Waals surface area (Å²) in [5.74, 6) is 0.488. The first-order valence-electron chi connectivity index (χ1n) is 4.97. The predicted molar refractivity (Wildman–Crippen MR) is 62.7 cm³/mol. The first-order valence-corrected chi connectivity index (χ1v) is 4.97. The molecule has 2 heterocycles. The molecule has 82 valence electrons. The molecule has 0 aliphatic carbocycles. The van der Waals surface area contributed by atoms with Gasteiger partial charge in [0.25, 0.3) is 0 Å². The zero-order valence-corrected chi connectivity index (χ0v) is 9.01. The Labute approximate surface area is 93.8 Å². The van der Waals surface area contributed by atoms with E-state index in [1.807, 2.05) is 19.1 Å². The zero-order chi connectivity index (χ0) is 11.4. The molecule has 5 nitrogen and oxygen atoms in total. The monoisotopic (exact) mass is 215 g/mol. The summed E-state index contributed by atoms with van der Waals surface area (Å²) in [5.41, 5.74) is 8.29. The van der Waals surface area contributed by atoms with Crippen LogP contribution in [0, 0.1) is 6.92 Å². The molecule has 0 aliphatic rings. The van der Waals surface area contributed by atoms with Crippen LogP contribution in [0.15, 0.2) is 30.7 Å². The van der Waals surface area contributed by atoms with E-state index in [4.69, 9.17) is 5.73 Å². The van der Waals surface area contributed by atoms with E-state index >= 15 is 0 Å². The van der Waals surface area contributed by atoms with Crippen LogP contribution in [-0.4, -0.2) is 15.0 Å². The number of hydrogen-bond donors (Lipinski definition) is 2. The molecule has 0 fully saturated rings. The first-order chi connectivity index (χ1) is 7.75. The third kappa shape index (κ3) is 2.44. The van der Waals surface area contributed by atoms with Gasteiger partial charge >= 0.3 is 0 Å². The van der Waals surface area contributed by atoms with Crippen molar-refractivity contribution < 1.29 is 0 Å². The van der Waals surface area contributed by atoms with Gasteiger partial charge in [0.15, 0.2) is 0 Å². The minimum Gasteiger partial charge on any atom is -0.382 e. The lowest BCUT2D eigenvalue weighted by molar-refractivity contribution is 0.983. The number of hydrogen-bond acceptors (Lipinski definition) is 5. The van der Waals surface area contributed by atoms with Crippen LogP contribution in [0.1, 0.15) is 11.4 Å². The van der Waals surface area contributed by atoms with Crippen LogP contribution in [-0.2, 0) is 6.54 Å². The molecule has 0 amide bonds. The minimum absolute atomic E-state index is 0.488. The Balaban J connectivity index is 2.02. The van der Waals surface area contributed by atoms with Gasteiger partial charge in [-0.25, -0.2) is 4.98 Å². The van der Waals surface area contributed by atoms with Gasteiger partial charge in [-0.2, -0.15) is 0 Å². The molecule has 0 bridgehead atoms. The van der Waals surface area contributed by atoms with E-state index in [-0.39, 0.29) is 0 Å². The maximum Gasteiger partial charge on any atom is 0.146 e. The van der Waals surface area contributed by atoms with Crippen molar-refractivity contribution in [1.29, 1.82) is 0 Å². The molecular weight excluding hydrogens is 202 g/mol. The summed E-state index contributed by atoms with van der Waals surface area (Å²) in [6.45, 7) is 2.49. The molecule has 0 spiro atoms. The maximum absolute atomic E-state index is 5.70. The van der Waals surface area contributed by atoms with Crippen LogP contribution in [0.3, 0.4) is 0 Å². The molecular formula is C11H13N5. The predicted octanol–water partition coefficient (Wildman–Crippen LogP) is 1.37. The van der Waals surface area contributed by atoms with Crippen molar-refractivity contribution in [2.45, 2.75) is 13.5 Å². The average molecular weight is 215 g/mol. The molecule has 2 aromatic rings. The van der Waals surface area contributed by atoms with Crippen LogP contribution < -0.4 is 11.1 Å². The number of nitrogens with one attached hydrogen (secondary N) is 1. The van der Waals surface area contributed by atoms with Gasteiger partial charge in [-0.15, -0.1) is 0 Å². The Hall–Kier alpha value is -2.17. The van der Waals surface area contributed by atoms with E-state index in [9.17, 15) is 0 Å². The molecule has 0 radical (unpaired) electrons. The van der Waals surface area contributed by atoms with E-state index in [2.05, 4.69) is 20.3 Å². The van der Waals surface area contributed by atoms with Crippen molar-refractivity contribution >= 4 is 11.5 Å². The molecule has 16 heavy (non-hydrogen) atoms. The summed E-state index contributed by atoms with van der Waals surface area (Å²) in [5, 5.41) is 3.16. The molecule has 0 atom stereocenters. The molecule has 0 unspecified atom stereocenters. The van der Waals surface area contributed by atoms with Gasteiger partial charge in [-0.05, 0) is 19.1 Å². The number of nitrogen functional groups attached to an aromatic ring is 1. The third-order valence-electron chi connectivity index (χ3n) is 2.13. The molecule has 5 heteroatoms. The lowest BCUT2D eigenvalue weighted by Gasteiger charge is -2.07. The normalized spacial score (nSPS) is 10.1. The number of rotatable bonds is 3. The molecule has 2 aromatic heterocycles. The Bertz CT molecular complexity index is 466. The second kappa shape index (κ2) is 4.57. The minimum atomic E-state index is 0.488. The highest BCUT2D eigenvalue weighted by atomic mass is 15.0. The fraction of sp³-hybridized carbons (Fsp3) is 0.182. The maximum atomic E-state index is 5.70. The van der Waals surface area contributed by atoms with Crippen LogP contribution in [0.2, 0.25) is 0 Å². The second-order valence-electron chi connectivity index (χ2n) is 3.44. The van der Waals surface area contributed by atoms with E-state index in [0.29, 0.717) is 12.4 Å². The van der Waals surface area contributed by atoms with Gasteiger partial charge in [-0.1, -0.05) is 0 Å². The Morgan fingerprint density at radius 3 is 2.81 bits per heavy atom.